The van der Waals surface area contributed by atoms with Crippen LogP contribution in [0.25, 0.3) is 0 Å². The van der Waals surface area contributed by atoms with Crippen LogP contribution >= 0.6 is 0 Å². The van der Waals surface area contributed by atoms with Gasteiger partial charge in [0.1, 0.15) is 13.3 Å². The molecule has 0 aliphatic rings. The molecule has 0 spiro atoms. The maximum Gasteiger partial charge on any atom is 0.330 e. The Hall–Kier alpha value is -1.30. The molecule has 0 rings (SSSR count). The van der Waals surface area contributed by atoms with Crippen LogP contribution in [0.3, 0.4) is 0 Å². The molecule has 0 aliphatic heterocycles. The summed E-state index contributed by atoms with van der Waals surface area (Å²) >= 11 is 0. The van der Waals surface area contributed by atoms with E-state index in [0.717, 1.165) is 6.08 Å². The third-order valence-corrected chi connectivity index (χ3v) is 4.58. The summed E-state index contributed by atoms with van der Waals surface area (Å²) in [5, 5.41) is 0. The van der Waals surface area contributed by atoms with E-state index in [4.69, 9.17) is 56.8 Å². The first-order valence-corrected chi connectivity index (χ1v) is 14.0. The molecule has 0 aromatic carbocycles. The minimum atomic E-state index is -0.478. The first kappa shape index (κ1) is 39.7. The molecule has 0 aliphatic carbocycles. The number of alkyl halides is 1. The SMILES string of the molecule is C=CC(=O)OCCOCCOCCOCCOCCOCCOCCOCCOCCOCCOCCOCCF. The van der Waals surface area contributed by atoms with Crippen LogP contribution in [0.1, 0.15) is 0 Å². The molecule has 0 aromatic rings. The lowest BCUT2D eigenvalue weighted by Crippen LogP contribution is -2.15. The van der Waals surface area contributed by atoms with Gasteiger partial charge in [0.15, 0.2) is 0 Å². The highest BCUT2D eigenvalue weighted by atomic mass is 19.1. The molecule has 0 saturated carbocycles. The number of esters is 1. The third-order valence-electron chi connectivity index (χ3n) is 4.58. The molecular formula is C27H51FO13. The maximum atomic E-state index is 11.8. The molecule has 0 aromatic heterocycles. The number of hydrogen-bond acceptors (Lipinski definition) is 13. The first-order chi connectivity index (χ1) is 20.3. The zero-order valence-corrected chi connectivity index (χ0v) is 24.4. The van der Waals surface area contributed by atoms with E-state index in [1.165, 1.54) is 0 Å². The van der Waals surface area contributed by atoms with Gasteiger partial charge in [0.2, 0.25) is 0 Å². The average molecular weight is 603 g/mol. The van der Waals surface area contributed by atoms with Crippen molar-refractivity contribution in [3.63, 3.8) is 0 Å². The van der Waals surface area contributed by atoms with Crippen LogP contribution in [0.5, 0.6) is 0 Å². The molecule has 0 bridgehead atoms. The molecule has 0 amide bonds. The van der Waals surface area contributed by atoms with E-state index in [9.17, 15) is 9.18 Å². The van der Waals surface area contributed by atoms with E-state index in [1.807, 2.05) is 0 Å². The van der Waals surface area contributed by atoms with Gasteiger partial charge in [-0.25, -0.2) is 9.18 Å². The molecular weight excluding hydrogens is 551 g/mol. The van der Waals surface area contributed by atoms with Gasteiger partial charge in [-0.15, -0.1) is 0 Å². The van der Waals surface area contributed by atoms with Gasteiger partial charge >= 0.3 is 5.97 Å². The lowest BCUT2D eigenvalue weighted by molar-refractivity contribution is -0.139. The van der Waals surface area contributed by atoms with Crippen molar-refractivity contribution in [1.82, 2.24) is 0 Å². The van der Waals surface area contributed by atoms with E-state index in [0.29, 0.717) is 139 Å². The van der Waals surface area contributed by atoms with Crippen LogP contribution in [-0.2, 0) is 61.6 Å². The summed E-state index contributed by atoms with van der Waals surface area (Å²) in [5.41, 5.74) is 0. The number of hydrogen-bond donors (Lipinski definition) is 0. The fourth-order valence-electron chi connectivity index (χ4n) is 2.62. The summed E-state index contributed by atoms with van der Waals surface area (Å²) in [6, 6.07) is 0. The number of halogens is 1. The van der Waals surface area contributed by atoms with Crippen LogP contribution < -0.4 is 0 Å². The van der Waals surface area contributed by atoms with Gasteiger partial charge in [0.05, 0.1) is 145 Å². The van der Waals surface area contributed by atoms with Gasteiger partial charge in [-0.1, -0.05) is 6.58 Å². The maximum absolute atomic E-state index is 11.8. The summed E-state index contributed by atoms with van der Waals surface area (Å²) in [6.07, 6.45) is 1.11. The Morgan fingerprint density at radius 1 is 0.390 bits per heavy atom. The van der Waals surface area contributed by atoms with Crippen molar-refractivity contribution in [2.24, 2.45) is 0 Å². The van der Waals surface area contributed by atoms with Crippen LogP contribution in [0.2, 0.25) is 0 Å². The van der Waals surface area contributed by atoms with Gasteiger partial charge < -0.3 is 56.8 Å². The van der Waals surface area contributed by atoms with E-state index < -0.39 is 12.6 Å². The van der Waals surface area contributed by atoms with Gasteiger partial charge in [-0.3, -0.25) is 0 Å². The summed E-state index contributed by atoms with van der Waals surface area (Å²) in [7, 11) is 0. The van der Waals surface area contributed by atoms with Gasteiger partial charge in [-0.05, 0) is 0 Å². The van der Waals surface area contributed by atoms with Gasteiger partial charge in [0, 0.05) is 6.08 Å². The molecule has 0 saturated heterocycles. The highest BCUT2D eigenvalue weighted by molar-refractivity contribution is 5.81. The zero-order chi connectivity index (χ0) is 29.7. The molecule has 13 nitrogen and oxygen atoms in total. The van der Waals surface area contributed by atoms with Crippen LogP contribution in [0.15, 0.2) is 12.7 Å². The van der Waals surface area contributed by atoms with Crippen molar-refractivity contribution in [3.8, 4) is 0 Å². The van der Waals surface area contributed by atoms with Crippen molar-refractivity contribution < 1.29 is 66.0 Å². The van der Waals surface area contributed by atoms with E-state index in [1.54, 1.807) is 0 Å². The Kier molecular flexibility index (Phi) is 35.6. The van der Waals surface area contributed by atoms with Crippen molar-refractivity contribution in [2.75, 3.05) is 159 Å². The quantitative estimate of drug-likeness (QED) is 0.0572. The van der Waals surface area contributed by atoms with Gasteiger partial charge in [0.25, 0.3) is 0 Å². The predicted molar refractivity (Wildman–Crippen MR) is 146 cm³/mol. The summed E-state index contributed by atoms with van der Waals surface area (Å²) in [6.45, 7) is 12.8. The topological polar surface area (TPSA) is 128 Å². The third kappa shape index (κ3) is 36.7. The fourth-order valence-corrected chi connectivity index (χ4v) is 2.62. The van der Waals surface area contributed by atoms with Crippen molar-refractivity contribution in [3.05, 3.63) is 12.7 Å². The van der Waals surface area contributed by atoms with Crippen molar-refractivity contribution >= 4 is 5.97 Å². The number of rotatable bonds is 36. The Bertz CT molecular complexity index is 531. The van der Waals surface area contributed by atoms with Crippen LogP contribution in [-0.4, -0.2) is 165 Å². The van der Waals surface area contributed by atoms with E-state index in [2.05, 4.69) is 6.58 Å². The summed E-state index contributed by atoms with van der Waals surface area (Å²) < 4.78 is 75.4. The fraction of sp³-hybridized carbons (Fsp3) is 0.889. The Balaban J connectivity index is 3.04. The van der Waals surface area contributed by atoms with Crippen LogP contribution in [0, 0.1) is 0 Å². The van der Waals surface area contributed by atoms with E-state index >= 15 is 0 Å². The summed E-state index contributed by atoms with van der Waals surface area (Å²) in [4.78, 5) is 10.8. The molecule has 0 unspecified atom stereocenters. The average Bonchev–Trinajstić information content (AvgIpc) is 2.99. The lowest BCUT2D eigenvalue weighted by atomic mass is 10.6. The van der Waals surface area contributed by atoms with Crippen molar-refractivity contribution in [2.45, 2.75) is 0 Å². The number of ether oxygens (including phenoxy) is 12. The van der Waals surface area contributed by atoms with Crippen molar-refractivity contribution in [1.29, 1.82) is 0 Å². The predicted octanol–water partition coefficient (Wildman–Crippen LogP) is 0.868. The molecule has 0 N–H and O–H groups in total. The minimum Gasteiger partial charge on any atom is -0.460 e. The normalized spacial score (nSPS) is 11.2. The molecule has 244 valence electrons. The van der Waals surface area contributed by atoms with Gasteiger partial charge in [-0.2, -0.15) is 0 Å². The zero-order valence-electron chi connectivity index (χ0n) is 24.4. The largest absolute Gasteiger partial charge is 0.460 e. The first-order valence-electron chi connectivity index (χ1n) is 14.0. The Morgan fingerprint density at radius 2 is 0.585 bits per heavy atom. The molecule has 41 heavy (non-hydrogen) atoms. The molecule has 0 atom stereocenters. The second-order valence-electron chi connectivity index (χ2n) is 7.80. The second kappa shape index (κ2) is 36.7. The smallest absolute Gasteiger partial charge is 0.330 e. The second-order valence-corrected chi connectivity index (χ2v) is 7.80. The monoisotopic (exact) mass is 602 g/mol. The molecule has 0 heterocycles. The molecule has 0 fully saturated rings. The molecule has 0 radical (unpaired) electrons. The Labute approximate surface area is 243 Å². The minimum absolute atomic E-state index is 0.110. The standard InChI is InChI=1S/C27H51FO13/c1-2-27(29)41-26-25-40-24-23-39-22-21-38-20-19-37-18-17-36-16-15-35-14-13-34-12-11-33-10-9-32-8-7-31-6-5-30-4-3-28/h2H,1,3-26H2. The van der Waals surface area contributed by atoms with Crippen LogP contribution in [0.4, 0.5) is 4.39 Å². The lowest BCUT2D eigenvalue weighted by Gasteiger charge is -2.09. The highest BCUT2D eigenvalue weighted by Gasteiger charge is 1.97. The number of carbonyl (C=O) groups is 1. The van der Waals surface area contributed by atoms with E-state index in [-0.39, 0.29) is 13.2 Å². The summed E-state index contributed by atoms with van der Waals surface area (Å²) in [5.74, 6) is -0.462. The Morgan fingerprint density at radius 3 is 0.780 bits per heavy atom. The number of carbonyl (C=O) groups excluding carboxylic acids is 1. The molecule has 14 heteroatoms. The highest BCUT2D eigenvalue weighted by Crippen LogP contribution is 1.87.